The molecule has 0 fully saturated rings. The van der Waals surface area contributed by atoms with Crippen LogP contribution < -0.4 is 10.6 Å². The van der Waals surface area contributed by atoms with E-state index in [1.54, 1.807) is 27.7 Å². The lowest BCUT2D eigenvalue weighted by atomic mass is 10.1. The standard InChI is InChI=1S/C18H28N2O5S/c1-8-12-10(3)13(16(22)24-9-2)14(26-12)20-17(23)19-11(4)15(21)25-18(5,6)7/h11H,8-9H2,1-7H3,(H2,19,20,23). The topological polar surface area (TPSA) is 93.7 Å². The molecule has 0 radical (unpaired) electrons. The van der Waals surface area contributed by atoms with Crippen molar-refractivity contribution in [2.45, 2.75) is 66.5 Å². The van der Waals surface area contributed by atoms with Crippen molar-refractivity contribution in [3.05, 3.63) is 16.0 Å². The van der Waals surface area contributed by atoms with Crippen molar-refractivity contribution in [2.24, 2.45) is 0 Å². The van der Waals surface area contributed by atoms with Crippen molar-refractivity contribution < 1.29 is 23.9 Å². The van der Waals surface area contributed by atoms with Crippen molar-refractivity contribution in [1.29, 1.82) is 0 Å². The summed E-state index contributed by atoms with van der Waals surface area (Å²) in [6, 6.07) is -1.41. The van der Waals surface area contributed by atoms with Gasteiger partial charge in [0.25, 0.3) is 0 Å². The molecule has 1 aromatic rings. The third-order valence-electron chi connectivity index (χ3n) is 3.38. The van der Waals surface area contributed by atoms with Gasteiger partial charge in [-0.15, -0.1) is 11.3 Å². The highest BCUT2D eigenvalue weighted by Crippen LogP contribution is 2.34. The Labute approximate surface area is 158 Å². The van der Waals surface area contributed by atoms with E-state index >= 15 is 0 Å². The molecule has 1 unspecified atom stereocenters. The molecule has 1 heterocycles. The first-order valence-electron chi connectivity index (χ1n) is 8.59. The van der Waals surface area contributed by atoms with E-state index in [9.17, 15) is 14.4 Å². The van der Waals surface area contributed by atoms with E-state index in [1.807, 2.05) is 13.8 Å². The molecule has 1 rings (SSSR count). The number of hydrogen-bond acceptors (Lipinski definition) is 6. The molecular formula is C18H28N2O5S. The van der Waals surface area contributed by atoms with Crippen LogP contribution in [-0.2, 0) is 20.7 Å². The highest BCUT2D eigenvalue weighted by molar-refractivity contribution is 7.17. The van der Waals surface area contributed by atoms with E-state index in [0.29, 0.717) is 10.6 Å². The molecular weight excluding hydrogens is 356 g/mol. The van der Waals surface area contributed by atoms with Crippen LogP contribution in [0.3, 0.4) is 0 Å². The van der Waals surface area contributed by atoms with Gasteiger partial charge in [0.1, 0.15) is 16.6 Å². The molecule has 26 heavy (non-hydrogen) atoms. The lowest BCUT2D eigenvalue weighted by Crippen LogP contribution is -2.44. The molecule has 0 bridgehead atoms. The zero-order valence-electron chi connectivity index (χ0n) is 16.4. The van der Waals surface area contributed by atoms with Crippen LogP contribution in [-0.4, -0.2) is 36.2 Å². The number of hydrogen-bond donors (Lipinski definition) is 2. The smallest absolute Gasteiger partial charge is 0.341 e. The maximum absolute atomic E-state index is 12.3. The van der Waals surface area contributed by atoms with Gasteiger partial charge in [-0.1, -0.05) is 6.92 Å². The molecule has 2 N–H and O–H groups in total. The molecule has 0 aliphatic heterocycles. The summed E-state index contributed by atoms with van der Waals surface area (Å²) in [5.74, 6) is -1.01. The number of anilines is 1. The molecule has 7 nitrogen and oxygen atoms in total. The fourth-order valence-corrected chi connectivity index (χ4v) is 3.35. The molecule has 0 spiro atoms. The predicted molar refractivity (Wildman–Crippen MR) is 102 cm³/mol. The fourth-order valence-electron chi connectivity index (χ4n) is 2.22. The average Bonchev–Trinajstić information content (AvgIpc) is 2.81. The lowest BCUT2D eigenvalue weighted by Gasteiger charge is -2.22. The predicted octanol–water partition coefficient (Wildman–Crippen LogP) is 3.65. The molecule has 1 aromatic heterocycles. The summed E-state index contributed by atoms with van der Waals surface area (Å²) in [5.41, 5.74) is 0.516. The minimum atomic E-state index is -0.827. The van der Waals surface area contributed by atoms with Gasteiger partial charge in [0, 0.05) is 4.88 Å². The molecule has 0 aromatic carbocycles. The Morgan fingerprint density at radius 3 is 2.31 bits per heavy atom. The van der Waals surface area contributed by atoms with E-state index in [1.165, 1.54) is 18.3 Å². The first kappa shape index (κ1) is 22.0. The van der Waals surface area contributed by atoms with Crippen molar-refractivity contribution in [2.75, 3.05) is 11.9 Å². The van der Waals surface area contributed by atoms with E-state index in [0.717, 1.165) is 16.9 Å². The third-order valence-corrected chi connectivity index (χ3v) is 4.73. The van der Waals surface area contributed by atoms with E-state index in [2.05, 4.69) is 10.6 Å². The van der Waals surface area contributed by atoms with E-state index in [-0.39, 0.29) is 6.61 Å². The van der Waals surface area contributed by atoms with Crippen molar-refractivity contribution in [1.82, 2.24) is 5.32 Å². The highest BCUT2D eigenvalue weighted by atomic mass is 32.1. The van der Waals surface area contributed by atoms with Crippen LogP contribution in [0.1, 0.15) is 62.3 Å². The summed E-state index contributed by atoms with van der Waals surface area (Å²) in [6.07, 6.45) is 0.737. The number of thiophene rings is 1. The van der Waals surface area contributed by atoms with Gasteiger partial charge in [0.05, 0.1) is 12.2 Å². The van der Waals surface area contributed by atoms with Crippen LogP contribution in [0.2, 0.25) is 0 Å². The zero-order chi connectivity index (χ0) is 20.1. The SMILES string of the molecule is CCOC(=O)c1c(NC(=O)NC(C)C(=O)OC(C)(C)C)sc(CC)c1C. The minimum absolute atomic E-state index is 0.247. The van der Waals surface area contributed by atoms with Crippen LogP contribution in [0, 0.1) is 6.92 Å². The van der Waals surface area contributed by atoms with Crippen LogP contribution in [0.5, 0.6) is 0 Å². The van der Waals surface area contributed by atoms with Crippen LogP contribution in [0.15, 0.2) is 0 Å². The van der Waals surface area contributed by atoms with Gasteiger partial charge < -0.3 is 14.8 Å². The maximum atomic E-state index is 12.3. The Kier molecular flexibility index (Phi) is 7.62. The van der Waals surface area contributed by atoms with Gasteiger partial charge >= 0.3 is 18.0 Å². The first-order valence-corrected chi connectivity index (χ1v) is 9.41. The molecule has 1 atom stereocenters. The maximum Gasteiger partial charge on any atom is 0.341 e. The zero-order valence-corrected chi connectivity index (χ0v) is 17.3. The second kappa shape index (κ2) is 9.02. The summed E-state index contributed by atoms with van der Waals surface area (Å²) < 4.78 is 10.3. The first-order chi connectivity index (χ1) is 12.0. The van der Waals surface area contributed by atoms with E-state index in [4.69, 9.17) is 9.47 Å². The lowest BCUT2D eigenvalue weighted by molar-refractivity contribution is -0.156. The van der Waals surface area contributed by atoms with E-state index < -0.39 is 29.6 Å². The van der Waals surface area contributed by atoms with Crippen LogP contribution >= 0.6 is 11.3 Å². The summed E-state index contributed by atoms with van der Waals surface area (Å²) in [7, 11) is 0. The Hall–Kier alpha value is -2.09. The van der Waals surface area contributed by atoms with Crippen molar-refractivity contribution in [3.8, 4) is 0 Å². The van der Waals surface area contributed by atoms with Gasteiger partial charge in [0.15, 0.2) is 0 Å². The Morgan fingerprint density at radius 1 is 1.19 bits per heavy atom. The Balaban J connectivity index is 2.89. The number of nitrogens with one attached hydrogen (secondary N) is 2. The molecule has 146 valence electrons. The van der Waals surface area contributed by atoms with Crippen LogP contribution in [0.25, 0.3) is 0 Å². The number of carbonyl (C=O) groups excluding carboxylic acids is 3. The molecule has 0 saturated heterocycles. The number of esters is 2. The summed E-state index contributed by atoms with van der Waals surface area (Å²) in [6.45, 7) is 12.6. The highest BCUT2D eigenvalue weighted by Gasteiger charge is 2.26. The number of ether oxygens (including phenoxy) is 2. The Morgan fingerprint density at radius 2 is 1.81 bits per heavy atom. The molecule has 0 aliphatic carbocycles. The van der Waals surface area contributed by atoms with Gasteiger partial charge in [-0.05, 0) is 53.5 Å². The second-order valence-electron chi connectivity index (χ2n) is 6.78. The third kappa shape index (κ3) is 6.01. The van der Waals surface area contributed by atoms with Gasteiger partial charge in [-0.2, -0.15) is 0 Å². The van der Waals surface area contributed by atoms with Crippen molar-refractivity contribution >= 4 is 34.3 Å². The van der Waals surface area contributed by atoms with Gasteiger partial charge in [-0.25, -0.2) is 14.4 Å². The monoisotopic (exact) mass is 384 g/mol. The largest absolute Gasteiger partial charge is 0.462 e. The fraction of sp³-hybridized carbons (Fsp3) is 0.611. The number of urea groups is 1. The number of amides is 2. The quantitative estimate of drug-likeness (QED) is 0.730. The molecule has 0 saturated carbocycles. The summed E-state index contributed by atoms with van der Waals surface area (Å²) in [4.78, 5) is 37.4. The second-order valence-corrected chi connectivity index (χ2v) is 7.89. The average molecular weight is 384 g/mol. The summed E-state index contributed by atoms with van der Waals surface area (Å²) >= 11 is 1.33. The van der Waals surface area contributed by atoms with Gasteiger partial charge in [0.2, 0.25) is 0 Å². The minimum Gasteiger partial charge on any atom is -0.462 e. The Bertz CT molecular complexity index is 676. The van der Waals surface area contributed by atoms with Crippen molar-refractivity contribution in [3.63, 3.8) is 0 Å². The number of rotatable bonds is 6. The summed E-state index contributed by atoms with van der Waals surface area (Å²) in [5, 5.41) is 5.59. The van der Waals surface area contributed by atoms with Gasteiger partial charge in [-0.3, -0.25) is 5.32 Å². The molecule has 8 heteroatoms. The van der Waals surface area contributed by atoms with Crippen LogP contribution in [0.4, 0.5) is 9.80 Å². The molecule has 0 aliphatic rings. The molecule has 2 amide bonds. The number of aryl methyl sites for hydroxylation is 1. The normalized spacial score (nSPS) is 12.3. The number of carbonyl (C=O) groups is 3.